The number of benzene rings is 1. The Bertz CT molecular complexity index is 510. The number of aliphatic hydroxyl groups is 1. The monoisotopic (exact) mass is 334 g/mol. The van der Waals surface area contributed by atoms with Gasteiger partial charge < -0.3 is 19.3 Å². The Kier molecular flexibility index (Phi) is 10.2. The van der Waals surface area contributed by atoms with Crippen LogP contribution >= 0.6 is 0 Å². The van der Waals surface area contributed by atoms with Gasteiger partial charge in [-0.3, -0.25) is 0 Å². The van der Waals surface area contributed by atoms with Crippen LogP contribution in [0, 0.1) is 0 Å². The molecule has 0 fully saturated rings. The number of carbonyl (C=O) groups is 1. The lowest BCUT2D eigenvalue weighted by Crippen LogP contribution is -2.15. The molecular formula is C19H26O5. The normalized spacial score (nSPS) is 12.1. The molecule has 1 aromatic rings. The molecule has 1 rings (SSSR count). The van der Waals surface area contributed by atoms with Crippen LogP contribution in [0.2, 0.25) is 0 Å². The van der Waals surface area contributed by atoms with Crippen molar-refractivity contribution in [1.29, 1.82) is 0 Å². The maximum atomic E-state index is 10.9. The van der Waals surface area contributed by atoms with Crippen LogP contribution in [0.3, 0.4) is 0 Å². The van der Waals surface area contributed by atoms with E-state index >= 15 is 0 Å². The van der Waals surface area contributed by atoms with E-state index in [-0.39, 0.29) is 13.2 Å². The van der Waals surface area contributed by atoms with E-state index in [4.69, 9.17) is 9.47 Å². The van der Waals surface area contributed by atoms with Gasteiger partial charge in [-0.25, -0.2) is 4.79 Å². The molecule has 0 aliphatic carbocycles. The number of carbonyl (C=O) groups excluding carboxylic acids is 1. The highest BCUT2D eigenvalue weighted by Crippen LogP contribution is 2.10. The lowest BCUT2D eigenvalue weighted by molar-refractivity contribution is 0.0287. The van der Waals surface area contributed by atoms with Gasteiger partial charge in [0.1, 0.15) is 6.61 Å². The Balaban J connectivity index is 2.10. The van der Waals surface area contributed by atoms with Crippen molar-refractivity contribution < 1.29 is 24.1 Å². The third kappa shape index (κ3) is 9.82. The summed E-state index contributed by atoms with van der Waals surface area (Å²) in [5.41, 5.74) is 1.96. The van der Waals surface area contributed by atoms with Crippen molar-refractivity contribution in [1.82, 2.24) is 0 Å². The summed E-state index contributed by atoms with van der Waals surface area (Å²) in [4.78, 5) is 10.9. The highest BCUT2D eigenvalue weighted by Gasteiger charge is 2.06. The fourth-order valence-corrected chi connectivity index (χ4v) is 1.96. The van der Waals surface area contributed by atoms with Gasteiger partial charge in [0.25, 0.3) is 0 Å². The first-order valence-electron chi connectivity index (χ1n) is 8.02. The molecule has 0 saturated heterocycles. The second-order valence-electron chi connectivity index (χ2n) is 5.28. The van der Waals surface area contributed by atoms with E-state index < -0.39 is 12.3 Å². The standard InChI is InChI=1S/C19H26O5/c1-3-23-19(21)24-12-8-7-9-16(2)13-18(20)15-22-14-17-10-5-4-6-11-17/h4-8,10-11,18,20H,2-3,9,12-15H2,1H3/b8-7+/t18-/m0/s1. The van der Waals surface area contributed by atoms with Gasteiger partial charge in [0.05, 0.1) is 25.9 Å². The summed E-state index contributed by atoms with van der Waals surface area (Å²) in [6.07, 6.45) is 3.40. The van der Waals surface area contributed by atoms with Gasteiger partial charge in [-0.05, 0) is 25.3 Å². The van der Waals surface area contributed by atoms with Crippen molar-refractivity contribution in [2.45, 2.75) is 32.5 Å². The maximum Gasteiger partial charge on any atom is 0.508 e. The topological polar surface area (TPSA) is 65.0 Å². The van der Waals surface area contributed by atoms with Crippen LogP contribution < -0.4 is 0 Å². The number of allylic oxidation sites excluding steroid dienone is 1. The molecule has 132 valence electrons. The highest BCUT2D eigenvalue weighted by atomic mass is 16.7. The van der Waals surface area contributed by atoms with Gasteiger partial charge in [-0.1, -0.05) is 54.6 Å². The first-order chi connectivity index (χ1) is 11.6. The van der Waals surface area contributed by atoms with Gasteiger partial charge in [-0.2, -0.15) is 0 Å². The Morgan fingerprint density at radius 2 is 2.00 bits per heavy atom. The molecule has 0 aromatic heterocycles. The van der Waals surface area contributed by atoms with Crippen LogP contribution in [0.5, 0.6) is 0 Å². The molecule has 0 radical (unpaired) electrons. The Hall–Kier alpha value is -2.11. The molecule has 0 saturated carbocycles. The van der Waals surface area contributed by atoms with Gasteiger partial charge in [0, 0.05) is 0 Å². The molecule has 5 nitrogen and oxygen atoms in total. The summed E-state index contributed by atoms with van der Waals surface area (Å²) in [5.74, 6) is 0. The zero-order valence-electron chi connectivity index (χ0n) is 14.1. The number of hydrogen-bond acceptors (Lipinski definition) is 5. The smallest absolute Gasteiger partial charge is 0.435 e. The van der Waals surface area contributed by atoms with Crippen LogP contribution in [-0.4, -0.2) is 37.2 Å². The first-order valence-corrected chi connectivity index (χ1v) is 8.02. The van der Waals surface area contributed by atoms with Gasteiger partial charge >= 0.3 is 6.16 Å². The summed E-state index contributed by atoms with van der Waals surface area (Å²) in [6, 6.07) is 9.82. The molecule has 0 aliphatic rings. The maximum absolute atomic E-state index is 10.9. The van der Waals surface area contributed by atoms with Crippen LogP contribution in [0.25, 0.3) is 0 Å². The van der Waals surface area contributed by atoms with Crippen molar-refractivity contribution in [3.8, 4) is 0 Å². The Morgan fingerprint density at radius 1 is 1.25 bits per heavy atom. The van der Waals surface area contributed by atoms with E-state index in [2.05, 4.69) is 11.3 Å². The fraction of sp³-hybridized carbons (Fsp3) is 0.421. The average Bonchev–Trinajstić information content (AvgIpc) is 2.55. The SMILES string of the molecule is C=C(C/C=C/COC(=O)OCC)C[C@H](O)COCc1ccccc1. The largest absolute Gasteiger partial charge is 0.508 e. The number of rotatable bonds is 11. The third-order valence-corrected chi connectivity index (χ3v) is 3.08. The summed E-state index contributed by atoms with van der Waals surface area (Å²) in [7, 11) is 0. The summed E-state index contributed by atoms with van der Waals surface area (Å²) in [6.45, 7) is 6.85. The first kappa shape index (κ1) is 19.9. The zero-order chi connectivity index (χ0) is 17.6. The predicted molar refractivity (Wildman–Crippen MR) is 92.6 cm³/mol. The Labute approximate surface area is 143 Å². The molecule has 1 aromatic carbocycles. The quantitative estimate of drug-likeness (QED) is 0.494. The zero-order valence-corrected chi connectivity index (χ0v) is 14.1. The lowest BCUT2D eigenvalue weighted by atomic mass is 10.1. The molecule has 0 bridgehead atoms. The minimum atomic E-state index is -0.674. The average molecular weight is 334 g/mol. The van der Waals surface area contributed by atoms with Crippen LogP contribution in [0.4, 0.5) is 4.79 Å². The molecule has 5 heteroatoms. The predicted octanol–water partition coefficient (Wildman–Crippen LogP) is 3.63. The van der Waals surface area contributed by atoms with E-state index in [0.29, 0.717) is 26.1 Å². The number of aliphatic hydroxyl groups excluding tert-OH is 1. The van der Waals surface area contributed by atoms with Gasteiger partial charge in [0.2, 0.25) is 0 Å². The van der Waals surface area contributed by atoms with E-state index in [9.17, 15) is 9.90 Å². The summed E-state index contributed by atoms with van der Waals surface area (Å²) in [5, 5.41) is 9.94. The highest BCUT2D eigenvalue weighted by molar-refractivity contribution is 5.59. The fourth-order valence-electron chi connectivity index (χ4n) is 1.96. The van der Waals surface area contributed by atoms with Gasteiger partial charge in [-0.15, -0.1) is 0 Å². The van der Waals surface area contributed by atoms with Crippen LogP contribution in [0.1, 0.15) is 25.3 Å². The molecule has 1 N–H and O–H groups in total. The van der Waals surface area contributed by atoms with Crippen molar-refractivity contribution in [3.63, 3.8) is 0 Å². The van der Waals surface area contributed by atoms with Crippen molar-refractivity contribution >= 4 is 6.16 Å². The molecule has 0 unspecified atom stereocenters. The minimum Gasteiger partial charge on any atom is -0.435 e. The third-order valence-electron chi connectivity index (χ3n) is 3.08. The van der Waals surface area contributed by atoms with E-state index in [1.165, 1.54) is 0 Å². The van der Waals surface area contributed by atoms with Gasteiger partial charge in [0.15, 0.2) is 0 Å². The van der Waals surface area contributed by atoms with Crippen LogP contribution in [0.15, 0.2) is 54.6 Å². The number of hydrogen-bond donors (Lipinski definition) is 1. The molecule has 0 aliphatic heterocycles. The number of ether oxygens (including phenoxy) is 3. The summed E-state index contributed by atoms with van der Waals surface area (Å²) >= 11 is 0. The van der Waals surface area contributed by atoms with Crippen molar-refractivity contribution in [2.75, 3.05) is 19.8 Å². The van der Waals surface area contributed by atoms with E-state index in [0.717, 1.165) is 11.1 Å². The molecule has 0 heterocycles. The molecule has 0 spiro atoms. The second-order valence-corrected chi connectivity index (χ2v) is 5.28. The van der Waals surface area contributed by atoms with Crippen LogP contribution in [-0.2, 0) is 20.8 Å². The molecule has 0 amide bonds. The van der Waals surface area contributed by atoms with E-state index in [1.54, 1.807) is 13.0 Å². The van der Waals surface area contributed by atoms with E-state index in [1.807, 2.05) is 36.4 Å². The Morgan fingerprint density at radius 3 is 2.71 bits per heavy atom. The minimum absolute atomic E-state index is 0.162. The molecule has 24 heavy (non-hydrogen) atoms. The van der Waals surface area contributed by atoms with Crippen molar-refractivity contribution in [3.05, 3.63) is 60.2 Å². The van der Waals surface area contributed by atoms with Crippen molar-refractivity contribution in [2.24, 2.45) is 0 Å². The second kappa shape index (κ2) is 12.3. The molecular weight excluding hydrogens is 308 g/mol. The molecule has 1 atom stereocenters. The lowest BCUT2D eigenvalue weighted by Gasteiger charge is -2.12. The summed E-state index contributed by atoms with van der Waals surface area (Å²) < 4.78 is 14.9.